The van der Waals surface area contributed by atoms with Gasteiger partial charge >= 0.3 is 0 Å². The van der Waals surface area contributed by atoms with E-state index in [-0.39, 0.29) is 0 Å². The largest absolute Gasteiger partial charge is 0.308 e. The van der Waals surface area contributed by atoms with Gasteiger partial charge in [-0.1, -0.05) is 0 Å². The first-order chi connectivity index (χ1) is 8.67. The van der Waals surface area contributed by atoms with Crippen LogP contribution in [-0.2, 0) is 0 Å². The Morgan fingerprint density at radius 1 is 1.22 bits per heavy atom. The van der Waals surface area contributed by atoms with E-state index in [0.717, 1.165) is 17.9 Å². The summed E-state index contributed by atoms with van der Waals surface area (Å²) in [6.45, 7) is 8.68. The highest BCUT2D eigenvalue weighted by atomic mass is 32.2. The fourth-order valence-corrected chi connectivity index (χ4v) is 4.85. The summed E-state index contributed by atoms with van der Waals surface area (Å²) in [5.74, 6) is 4.71. The van der Waals surface area contributed by atoms with Crippen molar-refractivity contribution in [1.29, 1.82) is 0 Å². The van der Waals surface area contributed by atoms with Gasteiger partial charge in [0.2, 0.25) is 0 Å². The molecule has 0 bridgehead atoms. The van der Waals surface area contributed by atoms with Gasteiger partial charge in [-0.05, 0) is 62.9 Å². The monoisotopic (exact) mass is 268 g/mol. The van der Waals surface area contributed by atoms with Gasteiger partial charge in [-0.3, -0.25) is 4.90 Å². The maximum absolute atomic E-state index is 3.83. The Hall–Kier alpha value is 0.270. The summed E-state index contributed by atoms with van der Waals surface area (Å²) in [5, 5.41) is 3.83. The van der Waals surface area contributed by atoms with Crippen molar-refractivity contribution < 1.29 is 0 Å². The summed E-state index contributed by atoms with van der Waals surface area (Å²) < 4.78 is 0. The molecule has 3 fully saturated rings. The van der Waals surface area contributed by atoms with E-state index in [1.54, 1.807) is 0 Å². The summed E-state index contributed by atoms with van der Waals surface area (Å²) in [6.07, 6.45) is 5.79. The van der Waals surface area contributed by atoms with Crippen molar-refractivity contribution in [3.8, 4) is 0 Å². The SMILES string of the molecule is CC1CNC(C)(C2CC2)CN1CC1CCSCC1. The van der Waals surface area contributed by atoms with Crippen LogP contribution >= 0.6 is 11.8 Å². The molecular weight excluding hydrogens is 240 g/mol. The van der Waals surface area contributed by atoms with Crippen molar-refractivity contribution in [2.24, 2.45) is 11.8 Å². The minimum atomic E-state index is 0.413. The molecule has 2 atom stereocenters. The Balaban J connectivity index is 1.58. The van der Waals surface area contributed by atoms with Crippen LogP contribution in [0.25, 0.3) is 0 Å². The van der Waals surface area contributed by atoms with E-state index < -0.39 is 0 Å². The molecule has 0 radical (unpaired) electrons. The van der Waals surface area contributed by atoms with E-state index in [1.165, 1.54) is 56.8 Å². The van der Waals surface area contributed by atoms with Crippen LogP contribution in [0.3, 0.4) is 0 Å². The highest BCUT2D eigenvalue weighted by Crippen LogP contribution is 2.41. The van der Waals surface area contributed by atoms with Crippen molar-refractivity contribution >= 4 is 11.8 Å². The Labute approximate surface area is 116 Å². The molecule has 2 heterocycles. The minimum absolute atomic E-state index is 0.413. The van der Waals surface area contributed by atoms with Crippen molar-refractivity contribution in [3.63, 3.8) is 0 Å². The van der Waals surface area contributed by atoms with Crippen molar-refractivity contribution in [3.05, 3.63) is 0 Å². The van der Waals surface area contributed by atoms with Gasteiger partial charge in [0.1, 0.15) is 0 Å². The number of hydrogen-bond acceptors (Lipinski definition) is 3. The maximum atomic E-state index is 3.83. The lowest BCUT2D eigenvalue weighted by atomic mass is 9.90. The van der Waals surface area contributed by atoms with Crippen LogP contribution in [0, 0.1) is 11.8 Å². The second kappa shape index (κ2) is 5.34. The molecule has 1 aliphatic carbocycles. The number of hydrogen-bond donors (Lipinski definition) is 1. The standard InChI is InChI=1S/C15H28N2S/c1-12-9-16-15(2,14-3-4-14)11-17(12)10-13-5-7-18-8-6-13/h12-14,16H,3-11H2,1-2H3. The van der Waals surface area contributed by atoms with Gasteiger partial charge in [0, 0.05) is 31.2 Å². The molecule has 3 rings (SSSR count). The van der Waals surface area contributed by atoms with Crippen LogP contribution in [0.5, 0.6) is 0 Å². The number of nitrogens with zero attached hydrogens (tertiary/aromatic N) is 1. The topological polar surface area (TPSA) is 15.3 Å². The first kappa shape index (κ1) is 13.3. The molecule has 0 aromatic carbocycles. The smallest absolute Gasteiger partial charge is 0.0309 e. The third kappa shape index (κ3) is 2.88. The molecule has 104 valence electrons. The molecule has 0 aromatic rings. The maximum Gasteiger partial charge on any atom is 0.0309 e. The minimum Gasteiger partial charge on any atom is -0.308 e. The first-order valence-corrected chi connectivity index (χ1v) is 8.90. The molecular formula is C15H28N2S. The van der Waals surface area contributed by atoms with Crippen LogP contribution < -0.4 is 5.32 Å². The molecule has 3 heteroatoms. The average molecular weight is 268 g/mol. The molecule has 2 unspecified atom stereocenters. The summed E-state index contributed by atoms with van der Waals surface area (Å²) in [6, 6.07) is 0.728. The molecule has 1 saturated carbocycles. The van der Waals surface area contributed by atoms with E-state index in [1.807, 2.05) is 0 Å². The fourth-order valence-electron chi connectivity index (χ4n) is 3.64. The second-order valence-electron chi connectivity index (χ2n) is 6.91. The van der Waals surface area contributed by atoms with Crippen LogP contribution in [0.1, 0.15) is 39.5 Å². The molecule has 1 N–H and O–H groups in total. The van der Waals surface area contributed by atoms with Crippen molar-refractivity contribution in [1.82, 2.24) is 10.2 Å². The average Bonchev–Trinajstić information content (AvgIpc) is 3.20. The van der Waals surface area contributed by atoms with E-state index >= 15 is 0 Å². The lowest BCUT2D eigenvalue weighted by Crippen LogP contribution is -2.63. The summed E-state index contributed by atoms with van der Waals surface area (Å²) in [5.41, 5.74) is 0.413. The predicted octanol–water partition coefficient (Wildman–Crippen LogP) is 2.59. The highest BCUT2D eigenvalue weighted by molar-refractivity contribution is 7.99. The lowest BCUT2D eigenvalue weighted by Gasteiger charge is -2.47. The molecule has 2 saturated heterocycles. The van der Waals surface area contributed by atoms with E-state index in [2.05, 4.69) is 35.8 Å². The fraction of sp³-hybridized carbons (Fsp3) is 1.00. The number of rotatable bonds is 3. The van der Waals surface area contributed by atoms with Gasteiger partial charge in [-0.2, -0.15) is 11.8 Å². The summed E-state index contributed by atoms with van der Waals surface area (Å²) in [7, 11) is 0. The van der Waals surface area contributed by atoms with Gasteiger partial charge in [-0.25, -0.2) is 0 Å². The first-order valence-electron chi connectivity index (χ1n) is 7.74. The van der Waals surface area contributed by atoms with Crippen LogP contribution in [-0.4, -0.2) is 47.6 Å². The Morgan fingerprint density at radius 2 is 1.94 bits per heavy atom. The van der Waals surface area contributed by atoms with Crippen molar-refractivity contribution in [2.75, 3.05) is 31.1 Å². The Kier molecular flexibility index (Phi) is 3.93. The van der Waals surface area contributed by atoms with Crippen LogP contribution in [0.4, 0.5) is 0 Å². The Morgan fingerprint density at radius 3 is 2.61 bits per heavy atom. The van der Waals surface area contributed by atoms with Gasteiger partial charge in [0.25, 0.3) is 0 Å². The molecule has 2 nitrogen and oxygen atoms in total. The molecule has 3 aliphatic rings. The second-order valence-corrected chi connectivity index (χ2v) is 8.13. The third-order valence-corrected chi connectivity index (χ3v) is 6.32. The van der Waals surface area contributed by atoms with Crippen molar-refractivity contribution in [2.45, 2.75) is 51.1 Å². The molecule has 0 aromatic heterocycles. The summed E-state index contributed by atoms with van der Waals surface area (Å²) >= 11 is 2.15. The quantitative estimate of drug-likeness (QED) is 0.847. The zero-order valence-corrected chi connectivity index (χ0v) is 12.8. The third-order valence-electron chi connectivity index (χ3n) is 5.27. The van der Waals surface area contributed by atoms with Crippen LogP contribution in [0.15, 0.2) is 0 Å². The van der Waals surface area contributed by atoms with Gasteiger partial charge in [0.05, 0.1) is 0 Å². The lowest BCUT2D eigenvalue weighted by molar-refractivity contribution is 0.0678. The van der Waals surface area contributed by atoms with Crippen LogP contribution in [0.2, 0.25) is 0 Å². The number of nitrogens with one attached hydrogen (secondary N) is 1. The Bertz CT molecular complexity index is 286. The van der Waals surface area contributed by atoms with Gasteiger partial charge < -0.3 is 5.32 Å². The molecule has 2 aliphatic heterocycles. The van der Waals surface area contributed by atoms with Gasteiger partial charge in [0.15, 0.2) is 0 Å². The number of piperazine rings is 1. The van der Waals surface area contributed by atoms with Gasteiger partial charge in [-0.15, -0.1) is 0 Å². The molecule has 0 amide bonds. The normalized spacial score (nSPS) is 40.0. The predicted molar refractivity (Wildman–Crippen MR) is 80.2 cm³/mol. The van der Waals surface area contributed by atoms with E-state index in [9.17, 15) is 0 Å². The molecule has 0 spiro atoms. The highest BCUT2D eigenvalue weighted by Gasteiger charge is 2.45. The summed E-state index contributed by atoms with van der Waals surface area (Å²) in [4.78, 5) is 2.79. The molecule has 18 heavy (non-hydrogen) atoms. The van der Waals surface area contributed by atoms with E-state index in [0.29, 0.717) is 5.54 Å². The zero-order chi connectivity index (χ0) is 12.6. The zero-order valence-electron chi connectivity index (χ0n) is 12.0. The van der Waals surface area contributed by atoms with E-state index in [4.69, 9.17) is 0 Å². The number of thioether (sulfide) groups is 1.